The highest BCUT2D eigenvalue weighted by molar-refractivity contribution is 5.57. The minimum atomic E-state index is -4.15. The van der Waals surface area contributed by atoms with Crippen LogP contribution in [0.2, 0.25) is 0 Å². The Morgan fingerprint density at radius 3 is 2.35 bits per heavy atom. The third-order valence-electron chi connectivity index (χ3n) is 4.72. The van der Waals surface area contributed by atoms with Crippen LogP contribution in [0.4, 0.5) is 17.6 Å². The Morgan fingerprint density at radius 1 is 0.968 bits per heavy atom. The maximum absolute atomic E-state index is 15.6. The third-order valence-corrected chi connectivity index (χ3v) is 4.72. The zero-order valence-electron chi connectivity index (χ0n) is 15.7. The van der Waals surface area contributed by atoms with Crippen molar-refractivity contribution in [3.8, 4) is 11.3 Å². The van der Waals surface area contributed by atoms with Crippen molar-refractivity contribution in [3.63, 3.8) is 0 Å². The highest BCUT2D eigenvalue weighted by Crippen LogP contribution is 2.46. The highest BCUT2D eigenvalue weighted by Gasteiger charge is 2.58. The zero-order valence-corrected chi connectivity index (χ0v) is 15.7. The van der Waals surface area contributed by atoms with Crippen molar-refractivity contribution in [3.05, 3.63) is 90.1 Å². The summed E-state index contributed by atoms with van der Waals surface area (Å²) < 4.78 is 59.9. The number of hydrogen-bond donors (Lipinski definition) is 1. The molecule has 1 atom stereocenters. The number of halogens is 4. The summed E-state index contributed by atoms with van der Waals surface area (Å²) in [6.07, 6.45) is 2.90. The molecule has 1 N–H and O–H groups in total. The van der Waals surface area contributed by atoms with Gasteiger partial charge in [-0.1, -0.05) is 30.3 Å². The maximum atomic E-state index is 15.6. The molecule has 2 heterocycles. The Balaban J connectivity index is 1.79. The number of nitrogens with zero attached hydrogens (tertiary/aromatic N) is 6. The van der Waals surface area contributed by atoms with E-state index in [2.05, 4.69) is 25.5 Å². The quantitative estimate of drug-likeness (QED) is 0.473. The van der Waals surface area contributed by atoms with Gasteiger partial charge in [0.05, 0.1) is 24.6 Å². The first-order chi connectivity index (χ1) is 14.8. The number of benzene rings is 2. The summed E-state index contributed by atoms with van der Waals surface area (Å²) in [5, 5.41) is 21.2. The van der Waals surface area contributed by atoms with Gasteiger partial charge in [0.25, 0.3) is 0 Å². The van der Waals surface area contributed by atoms with Gasteiger partial charge in [-0.3, -0.25) is 9.97 Å². The molecule has 0 saturated heterocycles. The maximum Gasteiger partial charge on any atom is 0.325 e. The normalized spacial score (nSPS) is 13.7. The number of aromatic nitrogens is 6. The smallest absolute Gasteiger partial charge is 0.325 e. The van der Waals surface area contributed by atoms with E-state index >= 15 is 8.78 Å². The summed E-state index contributed by atoms with van der Waals surface area (Å²) >= 11 is 0. The minimum absolute atomic E-state index is 0.331. The number of aliphatic hydroxyl groups is 1. The van der Waals surface area contributed by atoms with Crippen LogP contribution in [0, 0.1) is 11.6 Å². The van der Waals surface area contributed by atoms with Crippen LogP contribution in [0.15, 0.2) is 67.3 Å². The monoisotopic (exact) mass is 430 g/mol. The second-order valence-corrected chi connectivity index (χ2v) is 6.72. The fourth-order valence-corrected chi connectivity index (χ4v) is 3.13. The predicted octanol–water partition coefficient (Wildman–Crippen LogP) is 3.09. The van der Waals surface area contributed by atoms with E-state index in [1.54, 1.807) is 30.3 Å². The van der Waals surface area contributed by atoms with E-state index in [-0.39, 0.29) is 0 Å². The van der Waals surface area contributed by atoms with Gasteiger partial charge in [0.2, 0.25) is 0 Å². The van der Waals surface area contributed by atoms with Crippen LogP contribution >= 0.6 is 0 Å². The fraction of sp³-hybridized carbons (Fsp3) is 0.150. The summed E-state index contributed by atoms with van der Waals surface area (Å²) in [5.74, 6) is -6.50. The molecule has 4 aromatic rings. The summed E-state index contributed by atoms with van der Waals surface area (Å²) in [7, 11) is 0. The first-order valence-electron chi connectivity index (χ1n) is 8.96. The number of rotatable bonds is 6. The largest absolute Gasteiger partial charge is 0.377 e. The van der Waals surface area contributed by atoms with Crippen LogP contribution in [0.25, 0.3) is 11.3 Å². The van der Waals surface area contributed by atoms with E-state index < -0.39 is 41.0 Å². The molecule has 0 saturated carbocycles. The van der Waals surface area contributed by atoms with Crippen LogP contribution in [0.5, 0.6) is 0 Å². The molecule has 7 nitrogen and oxygen atoms in total. The second kappa shape index (κ2) is 7.84. The molecular formula is C20H14F4N6O. The van der Waals surface area contributed by atoms with Crippen LogP contribution < -0.4 is 0 Å². The lowest BCUT2D eigenvalue weighted by Crippen LogP contribution is -2.48. The lowest BCUT2D eigenvalue weighted by Gasteiger charge is -2.35. The standard InChI is InChI=1S/C20H14F4N6O/c21-14-6-7-15(16(22)8-14)19(31,11-30-12-27-28-29-30)20(23,24)18-10-25-17(9-26-18)13-4-2-1-3-5-13/h1-10,12,31H,11H2. The molecule has 158 valence electrons. The van der Waals surface area contributed by atoms with Gasteiger partial charge in [-0.2, -0.15) is 8.78 Å². The van der Waals surface area contributed by atoms with Gasteiger partial charge in [-0.25, -0.2) is 13.5 Å². The van der Waals surface area contributed by atoms with Crippen molar-refractivity contribution in [1.82, 2.24) is 30.2 Å². The molecule has 1 unspecified atom stereocenters. The average molecular weight is 430 g/mol. The molecule has 2 aromatic heterocycles. The molecule has 4 rings (SSSR count). The molecule has 0 aliphatic heterocycles. The number of tetrazole rings is 1. The molecule has 11 heteroatoms. The highest BCUT2D eigenvalue weighted by atomic mass is 19.3. The SMILES string of the molecule is OC(Cn1cnnn1)(c1ccc(F)cc1F)C(F)(F)c1cnc(-c2ccccc2)cn1. The van der Waals surface area contributed by atoms with E-state index in [1.807, 2.05) is 0 Å². The summed E-state index contributed by atoms with van der Waals surface area (Å²) in [4.78, 5) is 7.77. The molecule has 0 spiro atoms. The van der Waals surface area contributed by atoms with Gasteiger partial charge >= 0.3 is 5.92 Å². The predicted molar refractivity (Wildman–Crippen MR) is 99.4 cm³/mol. The van der Waals surface area contributed by atoms with Crippen molar-refractivity contribution >= 4 is 0 Å². The Labute approximate surface area is 173 Å². The summed E-state index contributed by atoms with van der Waals surface area (Å²) in [6.45, 7) is -0.933. The number of hydrogen-bond acceptors (Lipinski definition) is 6. The first kappa shape index (κ1) is 20.5. The lowest BCUT2D eigenvalue weighted by atomic mass is 9.85. The van der Waals surface area contributed by atoms with E-state index in [0.29, 0.717) is 17.3 Å². The van der Waals surface area contributed by atoms with E-state index in [9.17, 15) is 13.9 Å². The topological polar surface area (TPSA) is 89.6 Å². The third kappa shape index (κ3) is 3.75. The Kier molecular flexibility index (Phi) is 5.19. The van der Waals surface area contributed by atoms with Crippen molar-refractivity contribution < 1.29 is 22.7 Å². The second-order valence-electron chi connectivity index (χ2n) is 6.72. The van der Waals surface area contributed by atoms with E-state index in [0.717, 1.165) is 35.5 Å². The Hall–Kier alpha value is -3.73. The van der Waals surface area contributed by atoms with Crippen molar-refractivity contribution in [2.24, 2.45) is 0 Å². The van der Waals surface area contributed by atoms with E-state index in [4.69, 9.17) is 0 Å². The van der Waals surface area contributed by atoms with E-state index in [1.165, 1.54) is 0 Å². The van der Waals surface area contributed by atoms with Gasteiger partial charge in [0.1, 0.15) is 23.7 Å². The average Bonchev–Trinajstić information content (AvgIpc) is 3.27. The molecule has 0 aliphatic carbocycles. The first-order valence-corrected chi connectivity index (χ1v) is 8.96. The number of alkyl halides is 2. The van der Waals surface area contributed by atoms with Gasteiger partial charge in [0.15, 0.2) is 5.60 Å². The van der Waals surface area contributed by atoms with Crippen LogP contribution in [-0.2, 0) is 18.1 Å². The molecule has 0 radical (unpaired) electrons. The zero-order chi connectivity index (χ0) is 22.1. The van der Waals surface area contributed by atoms with Gasteiger partial charge in [-0.15, -0.1) is 5.10 Å². The Morgan fingerprint density at radius 2 is 1.74 bits per heavy atom. The summed E-state index contributed by atoms with van der Waals surface area (Å²) in [5.41, 5.74) is -3.98. The fourth-order valence-electron chi connectivity index (χ4n) is 3.13. The van der Waals surface area contributed by atoms with Gasteiger partial charge in [-0.05, 0) is 22.6 Å². The van der Waals surface area contributed by atoms with Crippen molar-refractivity contribution in [1.29, 1.82) is 0 Å². The van der Waals surface area contributed by atoms with Crippen molar-refractivity contribution in [2.45, 2.75) is 18.1 Å². The molecule has 31 heavy (non-hydrogen) atoms. The molecule has 0 bridgehead atoms. The molecular weight excluding hydrogens is 416 g/mol. The minimum Gasteiger partial charge on any atom is -0.377 e. The molecule has 0 aliphatic rings. The van der Waals surface area contributed by atoms with Crippen LogP contribution in [0.1, 0.15) is 11.3 Å². The Bertz CT molecular complexity index is 1170. The van der Waals surface area contributed by atoms with Gasteiger partial charge < -0.3 is 5.11 Å². The van der Waals surface area contributed by atoms with Crippen LogP contribution in [-0.4, -0.2) is 35.3 Å². The molecule has 0 fully saturated rings. The molecule has 2 aromatic carbocycles. The lowest BCUT2D eigenvalue weighted by molar-refractivity contribution is -0.208. The van der Waals surface area contributed by atoms with Gasteiger partial charge in [0, 0.05) is 17.2 Å². The van der Waals surface area contributed by atoms with Crippen molar-refractivity contribution in [2.75, 3.05) is 0 Å². The molecule has 0 amide bonds. The summed E-state index contributed by atoms with van der Waals surface area (Å²) in [6, 6.07) is 10.7. The van der Waals surface area contributed by atoms with Crippen LogP contribution in [0.3, 0.4) is 0 Å².